The van der Waals surface area contributed by atoms with Crippen LogP contribution < -0.4 is 15.5 Å². The molecule has 1 saturated heterocycles. The Kier molecular flexibility index (Phi) is 4.88. The van der Waals surface area contributed by atoms with Gasteiger partial charge in [-0.15, -0.1) is 11.3 Å². The minimum atomic E-state index is -0.0983. The van der Waals surface area contributed by atoms with Crippen LogP contribution in [-0.2, 0) is 4.79 Å². The first kappa shape index (κ1) is 19.0. The maximum absolute atomic E-state index is 12.0. The standard InChI is InChI=1S/C21H19ClN6OS/c1-12(26-19-14-5-8-30-21(14)25-11-24-19)15-9-13-3-2-4-16(22)18(13)27-20(15)28-7-6-23-17(29)10-28/h2-5,8-9,11-12H,6-7,10H2,1H3,(H,23,29)(H,24,25,26)/t12-/m0/s1. The highest BCUT2D eigenvalue weighted by Gasteiger charge is 2.24. The van der Waals surface area contributed by atoms with Gasteiger partial charge in [-0.2, -0.15) is 0 Å². The predicted octanol–water partition coefficient (Wildman–Crippen LogP) is 4.00. The smallest absolute Gasteiger partial charge is 0.239 e. The first-order valence-corrected chi connectivity index (χ1v) is 10.9. The Balaban J connectivity index is 1.60. The molecule has 4 aromatic rings. The maximum atomic E-state index is 12.0. The quantitative estimate of drug-likeness (QED) is 0.501. The van der Waals surface area contributed by atoms with Gasteiger partial charge in [0.2, 0.25) is 5.91 Å². The zero-order valence-electron chi connectivity index (χ0n) is 16.2. The van der Waals surface area contributed by atoms with E-state index < -0.39 is 0 Å². The van der Waals surface area contributed by atoms with Crippen molar-refractivity contribution >= 4 is 61.6 Å². The summed E-state index contributed by atoms with van der Waals surface area (Å²) in [6, 6.07) is 9.77. The lowest BCUT2D eigenvalue weighted by molar-refractivity contribution is -0.120. The largest absolute Gasteiger partial charge is 0.363 e. The number of para-hydroxylation sites is 1. The number of piperazine rings is 1. The minimum Gasteiger partial charge on any atom is -0.363 e. The highest BCUT2D eigenvalue weighted by Crippen LogP contribution is 2.34. The lowest BCUT2D eigenvalue weighted by atomic mass is 10.0. The number of hydrogen-bond acceptors (Lipinski definition) is 7. The number of aromatic nitrogens is 3. The van der Waals surface area contributed by atoms with Crippen molar-refractivity contribution in [3.8, 4) is 0 Å². The second-order valence-electron chi connectivity index (χ2n) is 7.21. The van der Waals surface area contributed by atoms with E-state index in [0.717, 1.165) is 38.3 Å². The fourth-order valence-electron chi connectivity index (χ4n) is 3.75. The molecule has 3 aromatic heterocycles. The Morgan fingerprint density at radius 3 is 3.07 bits per heavy atom. The van der Waals surface area contributed by atoms with E-state index in [2.05, 4.69) is 33.6 Å². The average Bonchev–Trinajstić information content (AvgIpc) is 3.23. The van der Waals surface area contributed by atoms with Gasteiger partial charge in [-0.1, -0.05) is 23.7 Å². The van der Waals surface area contributed by atoms with E-state index in [9.17, 15) is 4.79 Å². The van der Waals surface area contributed by atoms with Crippen molar-refractivity contribution in [2.75, 3.05) is 29.9 Å². The van der Waals surface area contributed by atoms with Crippen LogP contribution in [0, 0.1) is 0 Å². The predicted molar refractivity (Wildman–Crippen MR) is 121 cm³/mol. The third-order valence-corrected chi connectivity index (χ3v) is 6.35. The van der Waals surface area contributed by atoms with E-state index in [-0.39, 0.29) is 18.5 Å². The van der Waals surface area contributed by atoms with E-state index in [1.165, 1.54) is 0 Å². The van der Waals surface area contributed by atoms with Crippen LogP contribution in [0.25, 0.3) is 21.1 Å². The number of pyridine rings is 1. The summed E-state index contributed by atoms with van der Waals surface area (Å²) in [4.78, 5) is 28.6. The fraction of sp³-hybridized carbons (Fsp3) is 0.238. The molecule has 152 valence electrons. The summed E-state index contributed by atoms with van der Waals surface area (Å²) < 4.78 is 0. The molecule has 0 unspecified atom stereocenters. The summed E-state index contributed by atoms with van der Waals surface area (Å²) in [5.41, 5.74) is 1.72. The number of nitrogens with one attached hydrogen (secondary N) is 2. The first-order chi connectivity index (χ1) is 14.6. The average molecular weight is 439 g/mol. The molecule has 7 nitrogen and oxygen atoms in total. The third-order valence-electron chi connectivity index (χ3n) is 5.22. The SMILES string of the molecule is C[C@H](Nc1ncnc2sccc12)c1cc2cccc(Cl)c2nc1N1CCNC(=O)C1. The van der Waals surface area contributed by atoms with Crippen molar-refractivity contribution < 1.29 is 4.79 Å². The number of thiophene rings is 1. The van der Waals surface area contributed by atoms with Crippen molar-refractivity contribution in [2.45, 2.75) is 13.0 Å². The second kappa shape index (κ2) is 7.70. The highest BCUT2D eigenvalue weighted by molar-refractivity contribution is 7.16. The zero-order valence-corrected chi connectivity index (χ0v) is 17.8. The molecular formula is C21H19ClN6OS. The van der Waals surface area contributed by atoms with Gasteiger partial charge in [-0.3, -0.25) is 4.79 Å². The van der Waals surface area contributed by atoms with Crippen LogP contribution in [0.3, 0.4) is 0 Å². The molecule has 1 aliphatic rings. The molecule has 0 aliphatic carbocycles. The Bertz CT molecular complexity index is 1260. The molecule has 0 bridgehead atoms. The van der Waals surface area contributed by atoms with Crippen molar-refractivity contribution in [2.24, 2.45) is 0 Å². The summed E-state index contributed by atoms with van der Waals surface area (Å²) in [7, 11) is 0. The van der Waals surface area contributed by atoms with Gasteiger partial charge in [0.25, 0.3) is 0 Å². The zero-order chi connectivity index (χ0) is 20.7. The van der Waals surface area contributed by atoms with Crippen LogP contribution in [0.4, 0.5) is 11.6 Å². The van der Waals surface area contributed by atoms with Crippen LogP contribution in [0.5, 0.6) is 0 Å². The molecule has 1 aliphatic heterocycles. The lowest BCUT2D eigenvalue weighted by Crippen LogP contribution is -2.48. The highest BCUT2D eigenvalue weighted by atomic mass is 35.5. The third kappa shape index (κ3) is 3.42. The number of anilines is 2. The van der Waals surface area contributed by atoms with Crippen LogP contribution in [-0.4, -0.2) is 40.5 Å². The van der Waals surface area contributed by atoms with Crippen LogP contribution in [0.2, 0.25) is 5.02 Å². The summed E-state index contributed by atoms with van der Waals surface area (Å²) in [6.45, 7) is 3.62. The van der Waals surface area contributed by atoms with Crippen LogP contribution >= 0.6 is 22.9 Å². The van der Waals surface area contributed by atoms with Gasteiger partial charge in [-0.05, 0) is 30.5 Å². The molecule has 1 amide bonds. The number of nitrogens with zero attached hydrogens (tertiary/aromatic N) is 4. The molecule has 0 spiro atoms. The van der Waals surface area contributed by atoms with E-state index in [4.69, 9.17) is 16.6 Å². The molecule has 30 heavy (non-hydrogen) atoms. The van der Waals surface area contributed by atoms with Crippen LogP contribution in [0.15, 0.2) is 42.0 Å². The molecular weight excluding hydrogens is 420 g/mol. The van der Waals surface area contributed by atoms with Crippen molar-refractivity contribution in [3.05, 3.63) is 52.6 Å². The number of fused-ring (bicyclic) bond motifs is 2. The van der Waals surface area contributed by atoms with Crippen LogP contribution in [0.1, 0.15) is 18.5 Å². The maximum Gasteiger partial charge on any atom is 0.239 e. The molecule has 1 fully saturated rings. The van der Waals surface area contributed by atoms with Crippen molar-refractivity contribution in [1.29, 1.82) is 0 Å². The van der Waals surface area contributed by atoms with Gasteiger partial charge in [0.15, 0.2) is 0 Å². The summed E-state index contributed by atoms with van der Waals surface area (Å²) in [6.07, 6.45) is 1.57. The number of carbonyl (C=O) groups excluding carboxylic acids is 1. The fourth-order valence-corrected chi connectivity index (χ4v) is 4.71. The lowest BCUT2D eigenvalue weighted by Gasteiger charge is -2.31. The van der Waals surface area contributed by atoms with E-state index in [1.54, 1.807) is 17.7 Å². The summed E-state index contributed by atoms with van der Waals surface area (Å²) >= 11 is 8.00. The Morgan fingerprint density at radius 1 is 1.30 bits per heavy atom. The number of amides is 1. The van der Waals surface area contributed by atoms with Crippen molar-refractivity contribution in [1.82, 2.24) is 20.3 Å². The summed E-state index contributed by atoms with van der Waals surface area (Å²) in [5.74, 6) is 1.54. The summed E-state index contributed by atoms with van der Waals surface area (Å²) in [5, 5.41) is 10.9. The molecule has 1 atom stereocenters. The molecule has 0 saturated carbocycles. The normalized spacial score (nSPS) is 15.4. The van der Waals surface area contributed by atoms with E-state index in [0.29, 0.717) is 18.1 Å². The van der Waals surface area contributed by atoms with Crippen molar-refractivity contribution in [3.63, 3.8) is 0 Å². The van der Waals surface area contributed by atoms with Gasteiger partial charge in [0, 0.05) is 24.0 Å². The second-order valence-corrected chi connectivity index (χ2v) is 8.51. The molecule has 5 rings (SSSR count). The molecule has 9 heteroatoms. The van der Waals surface area contributed by atoms with Gasteiger partial charge in [0.1, 0.15) is 22.8 Å². The molecule has 0 radical (unpaired) electrons. The number of carbonyl (C=O) groups is 1. The number of halogens is 1. The minimum absolute atomic E-state index is 0.00958. The van der Waals surface area contributed by atoms with E-state index >= 15 is 0 Å². The van der Waals surface area contributed by atoms with Gasteiger partial charge < -0.3 is 15.5 Å². The van der Waals surface area contributed by atoms with Gasteiger partial charge in [-0.25, -0.2) is 15.0 Å². The molecule has 1 aromatic carbocycles. The number of benzene rings is 1. The Morgan fingerprint density at radius 2 is 2.20 bits per heavy atom. The van der Waals surface area contributed by atoms with Gasteiger partial charge in [0.05, 0.1) is 28.5 Å². The molecule has 2 N–H and O–H groups in total. The Labute approximate surface area is 182 Å². The first-order valence-electron chi connectivity index (χ1n) is 9.66. The monoisotopic (exact) mass is 438 g/mol. The molecule has 4 heterocycles. The van der Waals surface area contributed by atoms with Gasteiger partial charge >= 0.3 is 0 Å². The Hall–Kier alpha value is -2.97. The van der Waals surface area contributed by atoms with E-state index in [1.807, 2.05) is 34.5 Å². The number of rotatable bonds is 4. The number of hydrogen-bond donors (Lipinski definition) is 2. The topological polar surface area (TPSA) is 83.0 Å².